The Kier molecular flexibility index (Phi) is 5.96. The minimum absolute atomic E-state index is 0.399. The number of hydrogen-bond donors (Lipinski definition) is 1. The maximum absolute atomic E-state index is 9.55. The van der Waals surface area contributed by atoms with Gasteiger partial charge in [-0.05, 0) is 52.9 Å². The Morgan fingerprint density at radius 1 is 1.50 bits per heavy atom. The number of aromatic nitrogens is 1. The number of thiazole rings is 1. The molecule has 2 rings (SSSR count). The molecule has 1 fully saturated rings. The van der Waals surface area contributed by atoms with E-state index in [-0.39, 0.29) is 0 Å². The van der Waals surface area contributed by atoms with Gasteiger partial charge in [-0.3, -0.25) is 4.90 Å². The van der Waals surface area contributed by atoms with E-state index in [0.717, 1.165) is 16.4 Å². The number of aliphatic hydroxyl groups is 1. The largest absolute Gasteiger partial charge is 0.388 e. The first-order chi connectivity index (χ1) is 9.60. The van der Waals surface area contributed by atoms with Gasteiger partial charge in [0.2, 0.25) is 0 Å². The lowest BCUT2D eigenvalue weighted by molar-refractivity contribution is 0.123. The minimum Gasteiger partial charge on any atom is -0.388 e. The molecular weight excluding hydrogens is 270 g/mol. The van der Waals surface area contributed by atoms with Gasteiger partial charge in [0.05, 0.1) is 17.5 Å². The Bertz CT molecular complexity index is 400. The monoisotopic (exact) mass is 297 g/mol. The van der Waals surface area contributed by atoms with Crippen LogP contribution in [-0.4, -0.2) is 52.6 Å². The Hall–Kier alpha value is -0.490. The van der Waals surface area contributed by atoms with E-state index in [1.54, 1.807) is 18.3 Å². The third kappa shape index (κ3) is 4.25. The topological polar surface area (TPSA) is 39.6 Å². The fourth-order valence-electron chi connectivity index (χ4n) is 2.83. The number of rotatable bonds is 6. The standard InChI is InChI=1S/C15H27N3OS/c1-4-7-18-8-5-13(6-9-18)17(3)11-15-16-10-14(20-15)12(2)19/h10,12-13,19H,4-9,11H2,1-3H3. The number of nitrogens with zero attached hydrogens (tertiary/aromatic N) is 3. The van der Waals surface area contributed by atoms with Gasteiger partial charge >= 0.3 is 0 Å². The molecule has 20 heavy (non-hydrogen) atoms. The van der Waals surface area contributed by atoms with Gasteiger partial charge < -0.3 is 10.0 Å². The van der Waals surface area contributed by atoms with Gasteiger partial charge in [-0.15, -0.1) is 11.3 Å². The highest BCUT2D eigenvalue weighted by Crippen LogP contribution is 2.23. The average molecular weight is 297 g/mol. The van der Waals surface area contributed by atoms with E-state index in [2.05, 4.69) is 28.8 Å². The van der Waals surface area contributed by atoms with Crippen LogP contribution in [0.5, 0.6) is 0 Å². The second-order valence-corrected chi connectivity index (χ2v) is 6.97. The van der Waals surface area contributed by atoms with Crippen LogP contribution < -0.4 is 0 Å². The van der Waals surface area contributed by atoms with Gasteiger partial charge in [-0.1, -0.05) is 6.92 Å². The van der Waals surface area contributed by atoms with Crippen molar-refractivity contribution in [2.45, 2.75) is 51.8 Å². The van der Waals surface area contributed by atoms with E-state index in [9.17, 15) is 5.11 Å². The molecule has 0 aliphatic carbocycles. The summed E-state index contributed by atoms with van der Waals surface area (Å²) in [5, 5.41) is 10.7. The smallest absolute Gasteiger partial charge is 0.107 e. The minimum atomic E-state index is -0.399. The fraction of sp³-hybridized carbons (Fsp3) is 0.800. The summed E-state index contributed by atoms with van der Waals surface area (Å²) in [6.45, 7) is 8.63. The van der Waals surface area contributed by atoms with Crippen LogP contribution in [0.3, 0.4) is 0 Å². The van der Waals surface area contributed by atoms with Gasteiger partial charge in [0.25, 0.3) is 0 Å². The van der Waals surface area contributed by atoms with E-state index in [1.165, 1.54) is 38.9 Å². The molecule has 1 aliphatic rings. The first-order valence-electron chi connectivity index (χ1n) is 7.65. The van der Waals surface area contributed by atoms with E-state index in [4.69, 9.17) is 0 Å². The summed E-state index contributed by atoms with van der Waals surface area (Å²) in [5.74, 6) is 0. The Morgan fingerprint density at radius 2 is 2.20 bits per heavy atom. The third-order valence-corrected chi connectivity index (χ3v) is 5.24. The molecule has 5 heteroatoms. The molecule has 0 amide bonds. The van der Waals surface area contributed by atoms with Crippen molar-refractivity contribution in [2.75, 3.05) is 26.7 Å². The molecule has 0 bridgehead atoms. The third-order valence-electron chi connectivity index (χ3n) is 4.09. The summed E-state index contributed by atoms with van der Waals surface area (Å²) < 4.78 is 0. The molecule has 2 heterocycles. The van der Waals surface area contributed by atoms with Crippen molar-refractivity contribution in [3.8, 4) is 0 Å². The lowest BCUT2D eigenvalue weighted by Crippen LogP contribution is -2.43. The van der Waals surface area contributed by atoms with Crippen molar-refractivity contribution in [2.24, 2.45) is 0 Å². The maximum Gasteiger partial charge on any atom is 0.107 e. The molecule has 0 aromatic carbocycles. The van der Waals surface area contributed by atoms with Crippen LogP contribution >= 0.6 is 11.3 Å². The van der Waals surface area contributed by atoms with Crippen LogP contribution in [0.25, 0.3) is 0 Å². The number of likely N-dealkylation sites (tertiary alicyclic amines) is 1. The summed E-state index contributed by atoms with van der Waals surface area (Å²) in [6, 6.07) is 0.669. The van der Waals surface area contributed by atoms with Crippen LogP contribution in [0.4, 0.5) is 0 Å². The summed E-state index contributed by atoms with van der Waals surface area (Å²) in [4.78, 5) is 10.4. The van der Waals surface area contributed by atoms with Crippen LogP contribution in [0.15, 0.2) is 6.20 Å². The van der Waals surface area contributed by atoms with Crippen molar-refractivity contribution in [1.29, 1.82) is 0 Å². The number of aliphatic hydroxyl groups excluding tert-OH is 1. The van der Waals surface area contributed by atoms with Crippen molar-refractivity contribution in [1.82, 2.24) is 14.8 Å². The molecule has 0 saturated carbocycles. The SMILES string of the molecule is CCCN1CCC(N(C)Cc2ncc(C(C)O)s2)CC1. The van der Waals surface area contributed by atoms with Crippen molar-refractivity contribution < 1.29 is 5.11 Å². The molecule has 1 unspecified atom stereocenters. The lowest BCUT2D eigenvalue weighted by atomic mass is 10.0. The van der Waals surface area contributed by atoms with Crippen LogP contribution in [0.1, 0.15) is 49.1 Å². The first kappa shape index (κ1) is 15.9. The molecule has 0 spiro atoms. The van der Waals surface area contributed by atoms with Gasteiger partial charge in [0.1, 0.15) is 5.01 Å². The van der Waals surface area contributed by atoms with E-state index < -0.39 is 6.10 Å². The molecule has 1 N–H and O–H groups in total. The molecular formula is C15H27N3OS. The normalized spacial score (nSPS) is 19.6. The molecule has 4 nitrogen and oxygen atoms in total. The van der Waals surface area contributed by atoms with Gasteiger partial charge in [0, 0.05) is 12.2 Å². The fourth-order valence-corrected chi connectivity index (χ4v) is 3.75. The Morgan fingerprint density at radius 3 is 2.75 bits per heavy atom. The molecule has 114 valence electrons. The summed E-state index contributed by atoms with van der Waals surface area (Å²) in [5.41, 5.74) is 0. The van der Waals surface area contributed by atoms with Crippen LogP contribution in [0, 0.1) is 0 Å². The molecule has 0 radical (unpaired) electrons. The van der Waals surface area contributed by atoms with Gasteiger partial charge in [0.15, 0.2) is 0 Å². The van der Waals surface area contributed by atoms with Crippen molar-refractivity contribution in [3.05, 3.63) is 16.1 Å². The second kappa shape index (κ2) is 7.50. The highest BCUT2D eigenvalue weighted by atomic mass is 32.1. The summed E-state index contributed by atoms with van der Waals surface area (Å²) in [7, 11) is 2.20. The van der Waals surface area contributed by atoms with Gasteiger partial charge in [-0.25, -0.2) is 4.98 Å². The van der Waals surface area contributed by atoms with Crippen molar-refractivity contribution in [3.63, 3.8) is 0 Å². The number of piperidine rings is 1. The van der Waals surface area contributed by atoms with Crippen LogP contribution in [0.2, 0.25) is 0 Å². The second-order valence-electron chi connectivity index (χ2n) is 5.82. The summed E-state index contributed by atoms with van der Waals surface area (Å²) >= 11 is 1.63. The first-order valence-corrected chi connectivity index (χ1v) is 8.47. The maximum atomic E-state index is 9.55. The zero-order chi connectivity index (χ0) is 14.5. The van der Waals surface area contributed by atoms with Crippen molar-refractivity contribution >= 4 is 11.3 Å². The summed E-state index contributed by atoms with van der Waals surface area (Å²) in [6.07, 6.45) is 5.17. The predicted molar refractivity (Wildman–Crippen MR) is 84.0 cm³/mol. The predicted octanol–water partition coefficient (Wildman–Crippen LogP) is 2.50. The average Bonchev–Trinajstić information content (AvgIpc) is 2.88. The molecule has 1 atom stereocenters. The molecule has 1 aromatic rings. The van der Waals surface area contributed by atoms with Crippen LogP contribution in [-0.2, 0) is 6.54 Å². The van der Waals surface area contributed by atoms with E-state index >= 15 is 0 Å². The highest BCUT2D eigenvalue weighted by molar-refractivity contribution is 7.11. The Labute approximate surface area is 126 Å². The Balaban J connectivity index is 1.81. The van der Waals surface area contributed by atoms with E-state index in [0.29, 0.717) is 6.04 Å². The lowest BCUT2D eigenvalue weighted by Gasteiger charge is -2.36. The number of hydrogen-bond acceptors (Lipinski definition) is 5. The molecule has 1 aliphatic heterocycles. The van der Waals surface area contributed by atoms with E-state index in [1.807, 2.05) is 6.20 Å². The van der Waals surface area contributed by atoms with Gasteiger partial charge in [-0.2, -0.15) is 0 Å². The molecule has 1 saturated heterocycles. The highest BCUT2D eigenvalue weighted by Gasteiger charge is 2.22. The zero-order valence-electron chi connectivity index (χ0n) is 12.9. The quantitative estimate of drug-likeness (QED) is 0.876. The zero-order valence-corrected chi connectivity index (χ0v) is 13.7. The molecule has 1 aromatic heterocycles.